The van der Waals surface area contributed by atoms with Crippen molar-refractivity contribution in [2.24, 2.45) is 0 Å². The van der Waals surface area contributed by atoms with Gasteiger partial charge in [0, 0.05) is 30.5 Å². The lowest BCUT2D eigenvalue weighted by Crippen LogP contribution is -2.42. The van der Waals surface area contributed by atoms with Crippen molar-refractivity contribution in [1.82, 2.24) is 4.31 Å². The summed E-state index contributed by atoms with van der Waals surface area (Å²) in [7, 11) is -3.43. The smallest absolute Gasteiger partial charge is 0.243 e. The number of carbonyl (C=O) groups is 1. The van der Waals surface area contributed by atoms with Gasteiger partial charge in [-0.25, -0.2) is 8.42 Å². The molecule has 0 saturated carbocycles. The second-order valence-electron chi connectivity index (χ2n) is 7.83. The number of sulfonamides is 1. The van der Waals surface area contributed by atoms with Crippen LogP contribution in [0, 0.1) is 0 Å². The Hall–Kier alpha value is -2.38. The van der Waals surface area contributed by atoms with E-state index in [1.807, 2.05) is 12.1 Å². The minimum Gasteiger partial charge on any atom is -0.359 e. The van der Waals surface area contributed by atoms with Crippen LogP contribution in [0.15, 0.2) is 53.4 Å². The van der Waals surface area contributed by atoms with Crippen LogP contribution in [0.2, 0.25) is 0 Å². The van der Waals surface area contributed by atoms with E-state index in [1.165, 1.54) is 9.87 Å². The van der Waals surface area contributed by atoms with Gasteiger partial charge in [0.15, 0.2) is 0 Å². The van der Waals surface area contributed by atoms with Crippen molar-refractivity contribution in [3.8, 4) is 0 Å². The van der Waals surface area contributed by atoms with Crippen LogP contribution in [-0.2, 0) is 21.2 Å². The SMILES string of the molecule is C[C@H]1CCc2ccccc2N1CC(=O)Nc1ccc(S(=O)(=O)N2CCCC2)cc1. The predicted octanol–water partition coefficient (Wildman–Crippen LogP) is 3.25. The number of nitrogens with one attached hydrogen (secondary N) is 1. The van der Waals surface area contributed by atoms with Crippen molar-refractivity contribution in [2.75, 3.05) is 29.9 Å². The zero-order valence-electron chi connectivity index (χ0n) is 16.7. The van der Waals surface area contributed by atoms with Gasteiger partial charge in [0.2, 0.25) is 15.9 Å². The fraction of sp³-hybridized carbons (Fsp3) is 0.409. The molecule has 0 aromatic heterocycles. The van der Waals surface area contributed by atoms with Crippen LogP contribution in [0.1, 0.15) is 31.7 Å². The van der Waals surface area contributed by atoms with Crippen LogP contribution in [0.5, 0.6) is 0 Å². The first-order valence-electron chi connectivity index (χ1n) is 10.2. The second-order valence-corrected chi connectivity index (χ2v) is 9.77. The Bertz CT molecular complexity index is 983. The quantitative estimate of drug-likeness (QED) is 0.817. The second kappa shape index (κ2) is 8.16. The maximum atomic E-state index is 12.6. The van der Waals surface area contributed by atoms with Gasteiger partial charge in [-0.2, -0.15) is 4.31 Å². The van der Waals surface area contributed by atoms with E-state index in [0.717, 1.165) is 31.4 Å². The number of anilines is 2. The number of carbonyl (C=O) groups excluding carboxylic acids is 1. The molecule has 1 fully saturated rings. The Morgan fingerprint density at radius 1 is 1.07 bits per heavy atom. The molecular weight excluding hydrogens is 386 g/mol. The number of hydrogen-bond donors (Lipinski definition) is 1. The normalized spacial score (nSPS) is 19.8. The molecule has 29 heavy (non-hydrogen) atoms. The fourth-order valence-electron chi connectivity index (χ4n) is 4.14. The van der Waals surface area contributed by atoms with Crippen LogP contribution in [0.3, 0.4) is 0 Å². The van der Waals surface area contributed by atoms with Gasteiger partial charge in [0.1, 0.15) is 0 Å². The average molecular weight is 414 g/mol. The molecule has 4 rings (SSSR count). The van der Waals surface area contributed by atoms with Crippen LogP contribution in [-0.4, -0.2) is 44.3 Å². The van der Waals surface area contributed by atoms with E-state index >= 15 is 0 Å². The monoisotopic (exact) mass is 413 g/mol. The zero-order valence-corrected chi connectivity index (χ0v) is 17.5. The number of para-hydroxylation sites is 1. The number of amides is 1. The zero-order chi connectivity index (χ0) is 20.4. The third-order valence-electron chi connectivity index (χ3n) is 5.82. The minimum absolute atomic E-state index is 0.108. The maximum absolute atomic E-state index is 12.6. The molecule has 0 aliphatic carbocycles. The first kappa shape index (κ1) is 19.9. The third kappa shape index (κ3) is 4.16. The highest BCUT2D eigenvalue weighted by Crippen LogP contribution is 2.30. The first-order valence-corrected chi connectivity index (χ1v) is 11.6. The van der Waals surface area contributed by atoms with Crippen molar-refractivity contribution in [3.63, 3.8) is 0 Å². The fourth-order valence-corrected chi connectivity index (χ4v) is 5.66. The largest absolute Gasteiger partial charge is 0.359 e. The molecule has 2 aromatic rings. The summed E-state index contributed by atoms with van der Waals surface area (Å²) in [6.45, 7) is 3.57. The highest BCUT2D eigenvalue weighted by Gasteiger charge is 2.27. The summed E-state index contributed by atoms with van der Waals surface area (Å²) in [5, 5.41) is 2.90. The van der Waals surface area contributed by atoms with Crippen molar-refractivity contribution in [3.05, 3.63) is 54.1 Å². The van der Waals surface area contributed by atoms with Gasteiger partial charge in [-0.1, -0.05) is 18.2 Å². The molecule has 6 nitrogen and oxygen atoms in total. The lowest BCUT2D eigenvalue weighted by molar-refractivity contribution is -0.115. The van der Waals surface area contributed by atoms with Gasteiger partial charge in [-0.3, -0.25) is 4.79 Å². The molecule has 0 unspecified atom stereocenters. The molecule has 0 spiro atoms. The number of fused-ring (bicyclic) bond motifs is 1. The molecule has 2 aromatic carbocycles. The van der Waals surface area contributed by atoms with E-state index in [2.05, 4.69) is 29.3 Å². The summed E-state index contributed by atoms with van der Waals surface area (Å²) >= 11 is 0. The summed E-state index contributed by atoms with van der Waals surface area (Å²) in [5.41, 5.74) is 3.00. The molecular formula is C22H27N3O3S. The summed E-state index contributed by atoms with van der Waals surface area (Å²) in [6, 6.07) is 15.0. The van der Waals surface area contributed by atoms with Gasteiger partial charge >= 0.3 is 0 Å². The Balaban J connectivity index is 1.43. The highest BCUT2D eigenvalue weighted by molar-refractivity contribution is 7.89. The average Bonchev–Trinajstić information content (AvgIpc) is 3.26. The van der Waals surface area contributed by atoms with E-state index in [4.69, 9.17) is 0 Å². The third-order valence-corrected chi connectivity index (χ3v) is 7.73. The Labute approximate surface area is 172 Å². The van der Waals surface area contributed by atoms with Gasteiger partial charge in [0.05, 0.1) is 11.4 Å². The Kier molecular flexibility index (Phi) is 5.61. The molecule has 2 heterocycles. The molecule has 1 saturated heterocycles. The summed E-state index contributed by atoms with van der Waals surface area (Å²) in [4.78, 5) is 15.1. The van der Waals surface area contributed by atoms with E-state index in [9.17, 15) is 13.2 Å². The number of rotatable bonds is 5. The summed E-state index contributed by atoms with van der Waals surface area (Å²) in [6.07, 6.45) is 3.87. The topological polar surface area (TPSA) is 69.7 Å². The van der Waals surface area contributed by atoms with E-state index in [0.29, 0.717) is 24.8 Å². The highest BCUT2D eigenvalue weighted by atomic mass is 32.2. The van der Waals surface area contributed by atoms with Gasteiger partial charge < -0.3 is 10.2 Å². The first-order chi connectivity index (χ1) is 13.9. The molecule has 2 aliphatic rings. The van der Waals surface area contributed by atoms with Crippen molar-refractivity contribution < 1.29 is 13.2 Å². The van der Waals surface area contributed by atoms with Crippen molar-refractivity contribution >= 4 is 27.3 Å². The Morgan fingerprint density at radius 2 is 1.76 bits per heavy atom. The molecule has 1 atom stereocenters. The van der Waals surface area contributed by atoms with Crippen LogP contribution >= 0.6 is 0 Å². The molecule has 7 heteroatoms. The number of nitrogens with zero attached hydrogens (tertiary/aromatic N) is 2. The lowest BCUT2D eigenvalue weighted by atomic mass is 9.96. The minimum atomic E-state index is -3.43. The van der Waals surface area contributed by atoms with E-state index in [-0.39, 0.29) is 17.3 Å². The molecule has 1 amide bonds. The Morgan fingerprint density at radius 3 is 2.48 bits per heavy atom. The molecule has 0 bridgehead atoms. The predicted molar refractivity (Wildman–Crippen MR) is 115 cm³/mol. The standard InChI is InChI=1S/C22H27N3O3S/c1-17-8-9-18-6-2-3-7-21(18)25(17)16-22(26)23-19-10-12-20(13-11-19)29(27,28)24-14-4-5-15-24/h2-3,6-7,10-13,17H,4-5,8-9,14-16H2,1H3,(H,23,26)/t17-/m0/s1. The van der Waals surface area contributed by atoms with Crippen LogP contribution < -0.4 is 10.2 Å². The summed E-state index contributed by atoms with van der Waals surface area (Å²) in [5.74, 6) is -0.108. The molecule has 1 N–H and O–H groups in total. The number of aryl methyl sites for hydroxylation is 1. The molecule has 0 radical (unpaired) electrons. The summed E-state index contributed by atoms with van der Waals surface area (Å²) < 4.78 is 26.8. The van der Waals surface area contributed by atoms with Crippen molar-refractivity contribution in [1.29, 1.82) is 0 Å². The number of benzene rings is 2. The van der Waals surface area contributed by atoms with Crippen molar-refractivity contribution in [2.45, 2.75) is 43.5 Å². The van der Waals surface area contributed by atoms with E-state index in [1.54, 1.807) is 24.3 Å². The van der Waals surface area contributed by atoms with Crippen LogP contribution in [0.4, 0.5) is 11.4 Å². The van der Waals surface area contributed by atoms with Gasteiger partial charge in [-0.15, -0.1) is 0 Å². The van der Waals surface area contributed by atoms with Gasteiger partial charge in [-0.05, 0) is 68.5 Å². The molecule has 2 aliphatic heterocycles. The molecule has 154 valence electrons. The maximum Gasteiger partial charge on any atom is 0.243 e. The van der Waals surface area contributed by atoms with Crippen LogP contribution in [0.25, 0.3) is 0 Å². The lowest BCUT2D eigenvalue weighted by Gasteiger charge is -2.36. The van der Waals surface area contributed by atoms with E-state index < -0.39 is 10.0 Å². The number of hydrogen-bond acceptors (Lipinski definition) is 4. The van der Waals surface area contributed by atoms with Gasteiger partial charge in [0.25, 0.3) is 0 Å².